The summed E-state index contributed by atoms with van der Waals surface area (Å²) in [5.41, 5.74) is 0.921. The number of ether oxygens (including phenoxy) is 1. The minimum absolute atomic E-state index is 0.552. The molecule has 0 saturated carbocycles. The van der Waals surface area contributed by atoms with Gasteiger partial charge in [0.05, 0.1) is 18.8 Å². The van der Waals surface area contributed by atoms with Crippen molar-refractivity contribution in [2.45, 2.75) is 5.22 Å². The van der Waals surface area contributed by atoms with E-state index in [-0.39, 0.29) is 0 Å². The summed E-state index contributed by atoms with van der Waals surface area (Å²) in [6, 6.07) is 7.84. The van der Waals surface area contributed by atoms with Gasteiger partial charge >= 0.3 is 11.9 Å². The quantitative estimate of drug-likeness (QED) is 0.506. The molecule has 1 saturated heterocycles. The van der Waals surface area contributed by atoms with Crippen molar-refractivity contribution >= 4 is 39.6 Å². The standard InChI is InChI=1S/C14H16BrN3O2S.C2H2O4/c15-12-4-2-1-3-11(12)13-16-17-14(20-13)21-10-7-18-5-8-19-9-6-18;3-1(4)2(5)6/h1-4H,5-10H2;(H,3,4)(H,5,6). The molecular weight excluding hydrogens is 442 g/mol. The number of hydrogen-bond donors (Lipinski definition) is 2. The first-order chi connectivity index (χ1) is 13.0. The molecule has 0 atom stereocenters. The third-order valence-corrected chi connectivity index (χ3v) is 4.92. The molecule has 1 aromatic carbocycles. The van der Waals surface area contributed by atoms with Gasteiger partial charge in [0.1, 0.15) is 0 Å². The summed E-state index contributed by atoms with van der Waals surface area (Å²) >= 11 is 5.09. The van der Waals surface area contributed by atoms with E-state index in [1.807, 2.05) is 24.3 Å². The van der Waals surface area contributed by atoms with Crippen LogP contribution in [0.3, 0.4) is 0 Å². The van der Waals surface area contributed by atoms with Gasteiger partial charge in [-0.15, -0.1) is 10.2 Å². The van der Waals surface area contributed by atoms with Crippen LogP contribution in [-0.4, -0.2) is 75.8 Å². The maximum Gasteiger partial charge on any atom is 0.414 e. The zero-order valence-electron chi connectivity index (χ0n) is 14.2. The first-order valence-electron chi connectivity index (χ1n) is 7.95. The van der Waals surface area contributed by atoms with Gasteiger partial charge in [-0.3, -0.25) is 4.90 Å². The predicted molar refractivity (Wildman–Crippen MR) is 101 cm³/mol. The van der Waals surface area contributed by atoms with Crippen LogP contribution in [0.4, 0.5) is 0 Å². The molecule has 11 heteroatoms. The number of thioether (sulfide) groups is 1. The Labute approximate surface area is 167 Å². The molecule has 27 heavy (non-hydrogen) atoms. The van der Waals surface area contributed by atoms with Crippen LogP contribution >= 0.6 is 27.7 Å². The molecule has 1 fully saturated rings. The minimum atomic E-state index is -1.82. The third-order valence-electron chi connectivity index (χ3n) is 3.43. The van der Waals surface area contributed by atoms with Gasteiger partial charge in [0.25, 0.3) is 5.22 Å². The van der Waals surface area contributed by atoms with E-state index in [4.69, 9.17) is 29.0 Å². The Bertz CT molecular complexity index is 754. The zero-order chi connectivity index (χ0) is 19.6. The van der Waals surface area contributed by atoms with Gasteiger partial charge in [0.2, 0.25) is 5.89 Å². The third kappa shape index (κ3) is 7.29. The molecule has 146 valence electrons. The lowest BCUT2D eigenvalue weighted by Gasteiger charge is -2.25. The van der Waals surface area contributed by atoms with E-state index in [1.54, 1.807) is 11.8 Å². The summed E-state index contributed by atoms with van der Waals surface area (Å²) in [6.07, 6.45) is 0. The second-order valence-corrected chi connectivity index (χ2v) is 7.17. The fourth-order valence-corrected chi connectivity index (χ4v) is 3.31. The van der Waals surface area contributed by atoms with E-state index >= 15 is 0 Å². The predicted octanol–water partition coefficient (Wildman–Crippen LogP) is 2.08. The molecule has 9 nitrogen and oxygen atoms in total. The summed E-state index contributed by atoms with van der Waals surface area (Å²) in [7, 11) is 0. The summed E-state index contributed by atoms with van der Waals surface area (Å²) in [4.78, 5) is 20.6. The Morgan fingerprint density at radius 3 is 2.44 bits per heavy atom. The van der Waals surface area contributed by atoms with Crippen molar-refractivity contribution in [3.63, 3.8) is 0 Å². The highest BCUT2D eigenvalue weighted by atomic mass is 79.9. The number of benzene rings is 1. The summed E-state index contributed by atoms with van der Waals surface area (Å²) in [5, 5.41) is 23.6. The number of carboxylic acids is 2. The zero-order valence-corrected chi connectivity index (χ0v) is 16.6. The minimum Gasteiger partial charge on any atom is -0.473 e. The van der Waals surface area contributed by atoms with Gasteiger partial charge in [0, 0.05) is 29.9 Å². The van der Waals surface area contributed by atoms with Crippen LogP contribution in [0.25, 0.3) is 11.5 Å². The molecule has 0 unspecified atom stereocenters. The van der Waals surface area contributed by atoms with Crippen molar-refractivity contribution in [1.82, 2.24) is 15.1 Å². The molecular formula is C16H18BrN3O6S. The highest BCUT2D eigenvalue weighted by Crippen LogP contribution is 2.28. The average Bonchev–Trinajstić information content (AvgIpc) is 3.12. The van der Waals surface area contributed by atoms with E-state index in [9.17, 15) is 0 Å². The Balaban J connectivity index is 0.000000380. The first-order valence-corrected chi connectivity index (χ1v) is 9.72. The molecule has 1 aromatic heterocycles. The van der Waals surface area contributed by atoms with Crippen LogP contribution < -0.4 is 0 Å². The number of morpholine rings is 1. The maximum atomic E-state index is 9.10. The lowest BCUT2D eigenvalue weighted by Crippen LogP contribution is -2.37. The Morgan fingerprint density at radius 2 is 1.81 bits per heavy atom. The van der Waals surface area contributed by atoms with Crippen molar-refractivity contribution in [2.24, 2.45) is 0 Å². The molecule has 0 radical (unpaired) electrons. The number of rotatable bonds is 5. The van der Waals surface area contributed by atoms with E-state index in [1.165, 1.54) is 0 Å². The molecule has 1 aliphatic rings. The van der Waals surface area contributed by atoms with E-state index < -0.39 is 11.9 Å². The summed E-state index contributed by atoms with van der Waals surface area (Å²) in [6.45, 7) is 4.69. The second-order valence-electron chi connectivity index (χ2n) is 5.27. The van der Waals surface area contributed by atoms with Gasteiger partial charge in [-0.25, -0.2) is 9.59 Å². The molecule has 3 rings (SSSR count). The van der Waals surface area contributed by atoms with Crippen LogP contribution in [0.1, 0.15) is 0 Å². The lowest BCUT2D eigenvalue weighted by atomic mass is 10.2. The van der Waals surface area contributed by atoms with Crippen molar-refractivity contribution in [1.29, 1.82) is 0 Å². The molecule has 2 aromatic rings. The number of nitrogens with zero attached hydrogens (tertiary/aromatic N) is 3. The van der Waals surface area contributed by atoms with E-state index in [0.29, 0.717) is 11.1 Å². The van der Waals surface area contributed by atoms with Crippen LogP contribution in [0.5, 0.6) is 0 Å². The molecule has 0 bridgehead atoms. The largest absolute Gasteiger partial charge is 0.473 e. The Morgan fingerprint density at radius 1 is 1.15 bits per heavy atom. The topological polar surface area (TPSA) is 126 Å². The van der Waals surface area contributed by atoms with Crippen LogP contribution in [0, 0.1) is 0 Å². The number of aliphatic carboxylic acids is 2. The molecule has 0 aliphatic carbocycles. The van der Waals surface area contributed by atoms with Crippen LogP contribution in [-0.2, 0) is 14.3 Å². The Hall–Kier alpha value is -1.95. The number of carbonyl (C=O) groups is 2. The lowest BCUT2D eigenvalue weighted by molar-refractivity contribution is -0.159. The van der Waals surface area contributed by atoms with Gasteiger partial charge in [-0.2, -0.15) is 0 Å². The number of halogens is 1. The van der Waals surface area contributed by atoms with Crippen molar-refractivity contribution in [3.05, 3.63) is 28.7 Å². The monoisotopic (exact) mass is 459 g/mol. The molecule has 0 spiro atoms. The van der Waals surface area contributed by atoms with Gasteiger partial charge < -0.3 is 19.4 Å². The summed E-state index contributed by atoms with van der Waals surface area (Å²) < 4.78 is 12.0. The first kappa shape index (κ1) is 21.4. The maximum absolute atomic E-state index is 9.10. The van der Waals surface area contributed by atoms with E-state index in [2.05, 4.69) is 31.0 Å². The normalized spacial score (nSPS) is 14.3. The molecule has 0 amide bonds. The number of carboxylic acid groups (broad SMARTS) is 2. The molecule has 1 aliphatic heterocycles. The SMILES string of the molecule is Brc1ccccc1-c1nnc(SCCN2CCOCC2)o1.O=C(O)C(=O)O. The van der Waals surface area contributed by atoms with Gasteiger partial charge in [-0.1, -0.05) is 23.9 Å². The smallest absolute Gasteiger partial charge is 0.414 e. The van der Waals surface area contributed by atoms with Gasteiger partial charge in [0.15, 0.2) is 0 Å². The fraction of sp³-hybridized carbons (Fsp3) is 0.375. The average molecular weight is 460 g/mol. The number of aromatic nitrogens is 2. The van der Waals surface area contributed by atoms with Crippen LogP contribution in [0.2, 0.25) is 0 Å². The van der Waals surface area contributed by atoms with Crippen molar-refractivity contribution in [3.8, 4) is 11.5 Å². The van der Waals surface area contributed by atoms with Crippen LogP contribution in [0.15, 0.2) is 38.4 Å². The molecule has 2 N–H and O–H groups in total. The Kier molecular flexibility index (Phi) is 8.72. The fourth-order valence-electron chi connectivity index (χ4n) is 2.10. The second kappa shape index (κ2) is 11.0. The van der Waals surface area contributed by atoms with Crippen molar-refractivity contribution in [2.75, 3.05) is 38.6 Å². The highest BCUT2D eigenvalue weighted by molar-refractivity contribution is 9.10. The van der Waals surface area contributed by atoms with Crippen molar-refractivity contribution < 1.29 is 29.0 Å². The summed E-state index contributed by atoms with van der Waals surface area (Å²) in [5.74, 6) is -2.15. The highest BCUT2D eigenvalue weighted by Gasteiger charge is 2.13. The van der Waals surface area contributed by atoms with Gasteiger partial charge in [-0.05, 0) is 28.1 Å². The molecule has 2 heterocycles. The van der Waals surface area contributed by atoms with E-state index in [0.717, 1.165) is 48.6 Å². The number of hydrogen-bond acceptors (Lipinski definition) is 8.